The molecule has 0 aliphatic rings. The standard InChI is InChI=1S/C43H29N5/c1-3-9-33(10-4-1)40-28-41(34-11-5-2-6-12-34)48-43(47-40)39-26-37(31-16-14-30(15-17-31)36-13-7-22-44-29-36)25-38(27-39)32-18-20-35(21-19-32)42-45-23-8-24-46-42/h1-29H. The van der Waals surface area contributed by atoms with E-state index in [0.717, 1.165) is 67.0 Å². The minimum absolute atomic E-state index is 0.666. The van der Waals surface area contributed by atoms with Crippen molar-refractivity contribution >= 4 is 0 Å². The van der Waals surface area contributed by atoms with E-state index in [1.165, 1.54) is 0 Å². The van der Waals surface area contributed by atoms with Gasteiger partial charge >= 0.3 is 0 Å². The number of nitrogens with zero attached hydrogens (tertiary/aromatic N) is 5. The van der Waals surface area contributed by atoms with Gasteiger partial charge in [0, 0.05) is 47.0 Å². The first-order valence-corrected chi connectivity index (χ1v) is 15.8. The van der Waals surface area contributed by atoms with Crippen LogP contribution in [0.15, 0.2) is 176 Å². The largest absolute Gasteiger partial charge is 0.264 e. The third kappa shape index (κ3) is 6.13. The summed E-state index contributed by atoms with van der Waals surface area (Å²) >= 11 is 0. The zero-order valence-corrected chi connectivity index (χ0v) is 26.0. The Kier molecular flexibility index (Phi) is 7.83. The zero-order chi connectivity index (χ0) is 32.1. The highest BCUT2D eigenvalue weighted by Crippen LogP contribution is 2.35. The molecule has 226 valence electrons. The van der Waals surface area contributed by atoms with E-state index in [1.807, 2.05) is 54.7 Å². The quantitative estimate of drug-likeness (QED) is 0.178. The topological polar surface area (TPSA) is 64.5 Å². The van der Waals surface area contributed by atoms with Crippen LogP contribution in [0.25, 0.3) is 78.7 Å². The predicted molar refractivity (Wildman–Crippen MR) is 193 cm³/mol. The number of aromatic nitrogens is 5. The number of pyridine rings is 1. The third-order valence-electron chi connectivity index (χ3n) is 8.31. The van der Waals surface area contributed by atoms with E-state index in [-0.39, 0.29) is 0 Å². The highest BCUT2D eigenvalue weighted by Gasteiger charge is 2.14. The van der Waals surface area contributed by atoms with Gasteiger partial charge in [-0.3, -0.25) is 4.98 Å². The molecule has 48 heavy (non-hydrogen) atoms. The van der Waals surface area contributed by atoms with Crippen LogP contribution in [0.3, 0.4) is 0 Å². The molecule has 0 atom stereocenters. The van der Waals surface area contributed by atoms with Crippen LogP contribution in [0.5, 0.6) is 0 Å². The van der Waals surface area contributed by atoms with Crippen LogP contribution in [0, 0.1) is 0 Å². The van der Waals surface area contributed by atoms with E-state index in [1.54, 1.807) is 18.6 Å². The summed E-state index contributed by atoms with van der Waals surface area (Å²) in [5.74, 6) is 1.37. The van der Waals surface area contributed by atoms with E-state index in [0.29, 0.717) is 11.6 Å². The van der Waals surface area contributed by atoms with E-state index >= 15 is 0 Å². The van der Waals surface area contributed by atoms with E-state index in [9.17, 15) is 0 Å². The summed E-state index contributed by atoms with van der Waals surface area (Å²) < 4.78 is 0. The molecule has 0 fully saturated rings. The molecule has 0 N–H and O–H groups in total. The van der Waals surface area contributed by atoms with Gasteiger partial charge in [0.2, 0.25) is 0 Å². The van der Waals surface area contributed by atoms with Crippen LogP contribution in [0.2, 0.25) is 0 Å². The summed E-state index contributed by atoms with van der Waals surface area (Å²) in [6.45, 7) is 0. The molecule has 0 aliphatic carbocycles. The van der Waals surface area contributed by atoms with Crippen molar-refractivity contribution in [2.45, 2.75) is 0 Å². The normalized spacial score (nSPS) is 10.9. The highest BCUT2D eigenvalue weighted by atomic mass is 14.9. The van der Waals surface area contributed by atoms with Crippen molar-refractivity contribution in [3.63, 3.8) is 0 Å². The lowest BCUT2D eigenvalue weighted by atomic mass is 9.94. The zero-order valence-electron chi connectivity index (χ0n) is 26.0. The summed E-state index contributed by atoms with van der Waals surface area (Å²) in [5, 5.41) is 0. The van der Waals surface area contributed by atoms with Crippen molar-refractivity contribution < 1.29 is 0 Å². The molecule has 5 aromatic carbocycles. The Bertz CT molecular complexity index is 2130. The lowest BCUT2D eigenvalue weighted by Crippen LogP contribution is -1.97. The monoisotopic (exact) mass is 615 g/mol. The first-order valence-electron chi connectivity index (χ1n) is 15.8. The van der Waals surface area contributed by atoms with Gasteiger partial charge in [-0.2, -0.15) is 0 Å². The molecule has 8 rings (SSSR count). The summed E-state index contributed by atoms with van der Waals surface area (Å²) in [7, 11) is 0. The molecule has 8 aromatic rings. The number of benzene rings is 5. The average molecular weight is 616 g/mol. The fraction of sp³-hybridized carbons (Fsp3) is 0. The molecule has 5 heteroatoms. The molecular weight excluding hydrogens is 587 g/mol. The number of hydrogen-bond acceptors (Lipinski definition) is 5. The smallest absolute Gasteiger partial charge is 0.160 e. The maximum atomic E-state index is 5.14. The Morgan fingerprint density at radius 1 is 0.292 bits per heavy atom. The average Bonchev–Trinajstić information content (AvgIpc) is 3.19. The van der Waals surface area contributed by atoms with Crippen LogP contribution >= 0.6 is 0 Å². The van der Waals surface area contributed by atoms with Crippen molar-refractivity contribution in [1.82, 2.24) is 24.9 Å². The van der Waals surface area contributed by atoms with Gasteiger partial charge in [-0.15, -0.1) is 0 Å². The van der Waals surface area contributed by atoms with Crippen molar-refractivity contribution in [3.8, 4) is 78.7 Å². The van der Waals surface area contributed by atoms with Crippen LogP contribution in [0.4, 0.5) is 0 Å². The van der Waals surface area contributed by atoms with Crippen LogP contribution in [0.1, 0.15) is 0 Å². The Balaban J connectivity index is 1.28. The minimum Gasteiger partial charge on any atom is -0.264 e. The second kappa shape index (κ2) is 13.0. The molecule has 0 saturated carbocycles. The lowest BCUT2D eigenvalue weighted by molar-refractivity contribution is 1.18. The second-order valence-electron chi connectivity index (χ2n) is 11.5. The summed E-state index contributed by atoms with van der Waals surface area (Å²) in [6, 6.07) is 52.1. The third-order valence-corrected chi connectivity index (χ3v) is 8.31. The molecule has 0 aliphatic heterocycles. The summed E-state index contributed by atoms with van der Waals surface area (Å²) in [6.07, 6.45) is 7.21. The van der Waals surface area contributed by atoms with Gasteiger partial charge in [0.15, 0.2) is 11.6 Å². The van der Waals surface area contributed by atoms with Gasteiger partial charge in [0.1, 0.15) is 0 Å². The van der Waals surface area contributed by atoms with E-state index in [2.05, 4.69) is 118 Å². The molecule has 0 bridgehead atoms. The van der Waals surface area contributed by atoms with Gasteiger partial charge in [-0.1, -0.05) is 115 Å². The molecule has 0 saturated heterocycles. The van der Waals surface area contributed by atoms with Gasteiger partial charge in [-0.25, -0.2) is 19.9 Å². The van der Waals surface area contributed by atoms with Gasteiger partial charge < -0.3 is 0 Å². The molecule has 0 unspecified atom stereocenters. The Morgan fingerprint density at radius 2 is 0.771 bits per heavy atom. The van der Waals surface area contributed by atoms with Crippen molar-refractivity contribution in [2.75, 3.05) is 0 Å². The van der Waals surface area contributed by atoms with Crippen molar-refractivity contribution in [2.24, 2.45) is 0 Å². The fourth-order valence-corrected chi connectivity index (χ4v) is 5.83. The molecule has 3 aromatic heterocycles. The molecular formula is C43H29N5. The Hall–Kier alpha value is -6.59. The van der Waals surface area contributed by atoms with Crippen LogP contribution in [-0.4, -0.2) is 24.9 Å². The maximum Gasteiger partial charge on any atom is 0.160 e. The number of rotatable bonds is 7. The fourth-order valence-electron chi connectivity index (χ4n) is 5.83. The van der Waals surface area contributed by atoms with E-state index in [4.69, 9.17) is 9.97 Å². The summed E-state index contributed by atoms with van der Waals surface area (Å²) in [5.41, 5.74) is 12.2. The lowest BCUT2D eigenvalue weighted by Gasteiger charge is -2.13. The van der Waals surface area contributed by atoms with Crippen molar-refractivity contribution in [3.05, 3.63) is 176 Å². The molecule has 0 amide bonds. The predicted octanol–water partition coefficient (Wildman–Crippen LogP) is 10.3. The first-order chi connectivity index (χ1) is 23.8. The van der Waals surface area contributed by atoms with Gasteiger partial charge in [-0.05, 0) is 69.8 Å². The molecule has 0 spiro atoms. The second-order valence-corrected chi connectivity index (χ2v) is 11.5. The van der Waals surface area contributed by atoms with Crippen LogP contribution in [-0.2, 0) is 0 Å². The van der Waals surface area contributed by atoms with Gasteiger partial charge in [0.05, 0.1) is 11.4 Å². The number of hydrogen-bond donors (Lipinski definition) is 0. The summed E-state index contributed by atoms with van der Waals surface area (Å²) in [4.78, 5) is 23.4. The Morgan fingerprint density at radius 3 is 1.29 bits per heavy atom. The van der Waals surface area contributed by atoms with E-state index < -0.39 is 0 Å². The maximum absolute atomic E-state index is 5.14. The van der Waals surface area contributed by atoms with Crippen molar-refractivity contribution in [1.29, 1.82) is 0 Å². The highest BCUT2D eigenvalue weighted by molar-refractivity contribution is 5.82. The van der Waals surface area contributed by atoms with Gasteiger partial charge in [0.25, 0.3) is 0 Å². The molecule has 5 nitrogen and oxygen atoms in total. The SMILES string of the molecule is c1ccc(-c2cc(-c3ccccc3)nc(-c3cc(-c4ccc(-c5cccnc5)cc4)cc(-c4ccc(-c5ncccn5)cc4)c3)n2)cc1. The van der Waals surface area contributed by atoms with Crippen LogP contribution < -0.4 is 0 Å². The molecule has 3 heterocycles. The Labute approximate surface area is 279 Å². The first kappa shape index (κ1) is 28.9. The minimum atomic E-state index is 0.666. The molecule has 0 radical (unpaired) electrons.